The van der Waals surface area contributed by atoms with Gasteiger partial charge in [0.2, 0.25) is 15.9 Å². The van der Waals surface area contributed by atoms with Gasteiger partial charge in [0.05, 0.1) is 4.90 Å². The van der Waals surface area contributed by atoms with Gasteiger partial charge < -0.3 is 10.6 Å². The molecule has 1 heterocycles. The predicted molar refractivity (Wildman–Crippen MR) is 90.0 cm³/mol. The summed E-state index contributed by atoms with van der Waals surface area (Å²) in [4.78, 5) is 23.9. The van der Waals surface area contributed by atoms with E-state index in [0.717, 1.165) is 12.8 Å². The standard InChI is InChI=1S/C16H23N3O4S/c1-3-17-15(20)12(2)18-16(21)13-6-8-14(9-7-13)24(22,23)19-10-4-5-11-19/h6-9,12H,3-5,10-11H2,1-2H3,(H,17,20)(H,18,21)/t12-/m1/s1. The van der Waals surface area contributed by atoms with Crippen LogP contribution >= 0.6 is 0 Å². The van der Waals surface area contributed by atoms with E-state index in [2.05, 4.69) is 10.6 Å². The Labute approximate surface area is 142 Å². The minimum absolute atomic E-state index is 0.178. The van der Waals surface area contributed by atoms with Gasteiger partial charge in [-0.1, -0.05) is 0 Å². The average Bonchev–Trinajstić information content (AvgIpc) is 3.10. The largest absolute Gasteiger partial charge is 0.355 e. The smallest absolute Gasteiger partial charge is 0.251 e. The van der Waals surface area contributed by atoms with Crippen LogP contribution in [0.2, 0.25) is 0 Å². The van der Waals surface area contributed by atoms with Crippen LogP contribution < -0.4 is 10.6 Å². The Bertz CT molecular complexity index is 695. The molecule has 1 aliphatic heterocycles. The molecule has 1 saturated heterocycles. The Morgan fingerprint density at radius 3 is 2.29 bits per heavy atom. The third-order valence-corrected chi connectivity index (χ3v) is 5.82. The Balaban J connectivity index is 2.06. The fraction of sp³-hybridized carbons (Fsp3) is 0.500. The van der Waals surface area contributed by atoms with Crippen molar-refractivity contribution < 1.29 is 18.0 Å². The van der Waals surface area contributed by atoms with E-state index < -0.39 is 22.0 Å². The van der Waals surface area contributed by atoms with Crippen molar-refractivity contribution in [2.24, 2.45) is 0 Å². The lowest BCUT2D eigenvalue weighted by molar-refractivity contribution is -0.122. The molecule has 2 rings (SSSR count). The minimum atomic E-state index is -3.49. The second-order valence-corrected chi connectivity index (χ2v) is 7.66. The number of hydrogen-bond donors (Lipinski definition) is 2. The second-order valence-electron chi connectivity index (χ2n) is 5.73. The molecule has 7 nitrogen and oxygen atoms in total. The molecule has 1 aromatic carbocycles. The normalized spacial score (nSPS) is 16.6. The highest BCUT2D eigenvalue weighted by Crippen LogP contribution is 2.21. The summed E-state index contributed by atoms with van der Waals surface area (Å²) >= 11 is 0. The van der Waals surface area contributed by atoms with E-state index in [1.165, 1.54) is 28.6 Å². The predicted octanol–water partition coefficient (Wildman–Crippen LogP) is 0.726. The van der Waals surface area contributed by atoms with E-state index in [-0.39, 0.29) is 10.8 Å². The third-order valence-electron chi connectivity index (χ3n) is 3.91. The van der Waals surface area contributed by atoms with Gasteiger partial charge in [-0.3, -0.25) is 9.59 Å². The van der Waals surface area contributed by atoms with Crippen molar-refractivity contribution in [1.82, 2.24) is 14.9 Å². The van der Waals surface area contributed by atoms with Gasteiger partial charge in [-0.15, -0.1) is 0 Å². The van der Waals surface area contributed by atoms with Gasteiger partial charge in [0.1, 0.15) is 6.04 Å². The Morgan fingerprint density at radius 1 is 1.17 bits per heavy atom. The van der Waals surface area contributed by atoms with Gasteiger partial charge in [0.25, 0.3) is 5.91 Å². The summed E-state index contributed by atoms with van der Waals surface area (Å²) in [5.74, 6) is -0.682. The number of sulfonamides is 1. The maximum absolute atomic E-state index is 12.4. The SMILES string of the molecule is CCNC(=O)[C@@H](C)NC(=O)c1ccc(S(=O)(=O)N2CCCC2)cc1. The fourth-order valence-corrected chi connectivity index (χ4v) is 4.05. The van der Waals surface area contributed by atoms with Crippen molar-refractivity contribution in [3.05, 3.63) is 29.8 Å². The highest BCUT2D eigenvalue weighted by molar-refractivity contribution is 7.89. The van der Waals surface area contributed by atoms with Crippen LogP contribution in [0.1, 0.15) is 37.0 Å². The monoisotopic (exact) mass is 353 g/mol. The molecule has 2 N–H and O–H groups in total. The quantitative estimate of drug-likeness (QED) is 0.788. The molecule has 132 valence electrons. The number of nitrogens with one attached hydrogen (secondary N) is 2. The van der Waals surface area contributed by atoms with Crippen molar-refractivity contribution in [3.63, 3.8) is 0 Å². The van der Waals surface area contributed by atoms with E-state index >= 15 is 0 Å². The maximum atomic E-state index is 12.4. The molecule has 2 amide bonds. The first-order valence-electron chi connectivity index (χ1n) is 8.05. The van der Waals surface area contributed by atoms with Crippen molar-refractivity contribution in [2.45, 2.75) is 37.6 Å². The number of amides is 2. The van der Waals surface area contributed by atoms with Crippen molar-refractivity contribution in [1.29, 1.82) is 0 Å². The van der Waals surface area contributed by atoms with Crippen LogP contribution in [-0.4, -0.2) is 50.2 Å². The van der Waals surface area contributed by atoms with Crippen LogP contribution in [0.5, 0.6) is 0 Å². The zero-order valence-electron chi connectivity index (χ0n) is 13.9. The van der Waals surface area contributed by atoms with Crippen molar-refractivity contribution >= 4 is 21.8 Å². The molecular weight excluding hydrogens is 330 g/mol. The zero-order valence-corrected chi connectivity index (χ0v) is 14.7. The fourth-order valence-electron chi connectivity index (χ4n) is 2.53. The Kier molecular flexibility index (Phi) is 5.95. The molecule has 0 unspecified atom stereocenters. The van der Waals surface area contributed by atoms with E-state index in [4.69, 9.17) is 0 Å². The van der Waals surface area contributed by atoms with E-state index in [1.54, 1.807) is 13.8 Å². The van der Waals surface area contributed by atoms with Gasteiger partial charge in [0, 0.05) is 25.2 Å². The summed E-state index contributed by atoms with van der Waals surface area (Å²) < 4.78 is 26.3. The van der Waals surface area contributed by atoms with Crippen molar-refractivity contribution in [3.8, 4) is 0 Å². The highest BCUT2D eigenvalue weighted by atomic mass is 32.2. The molecule has 1 atom stereocenters. The molecule has 0 aliphatic carbocycles. The molecule has 0 spiro atoms. The molecule has 0 bridgehead atoms. The third kappa shape index (κ3) is 4.12. The van der Waals surface area contributed by atoms with Crippen LogP contribution in [0.4, 0.5) is 0 Å². The summed E-state index contributed by atoms with van der Waals surface area (Å²) in [6.45, 7) is 4.95. The highest BCUT2D eigenvalue weighted by Gasteiger charge is 2.27. The van der Waals surface area contributed by atoms with Gasteiger partial charge in [-0.05, 0) is 51.0 Å². The van der Waals surface area contributed by atoms with Gasteiger partial charge in [-0.2, -0.15) is 4.31 Å². The molecule has 0 radical (unpaired) electrons. The molecule has 8 heteroatoms. The number of carbonyl (C=O) groups is 2. The molecule has 1 aliphatic rings. The lowest BCUT2D eigenvalue weighted by Gasteiger charge is -2.16. The first-order valence-corrected chi connectivity index (χ1v) is 9.49. The second kappa shape index (κ2) is 7.76. The number of rotatable bonds is 6. The van der Waals surface area contributed by atoms with Gasteiger partial charge in [-0.25, -0.2) is 8.42 Å². The zero-order chi connectivity index (χ0) is 17.7. The van der Waals surface area contributed by atoms with E-state index in [1.807, 2.05) is 0 Å². The van der Waals surface area contributed by atoms with Gasteiger partial charge in [0.15, 0.2) is 0 Å². The number of benzene rings is 1. The molecule has 0 aromatic heterocycles. The molecule has 1 aromatic rings. The summed E-state index contributed by atoms with van der Waals surface area (Å²) in [7, 11) is -3.49. The Morgan fingerprint density at radius 2 is 1.75 bits per heavy atom. The van der Waals surface area contributed by atoms with Crippen LogP contribution in [0.25, 0.3) is 0 Å². The van der Waals surface area contributed by atoms with Crippen LogP contribution in [0, 0.1) is 0 Å². The Hall–Kier alpha value is -1.93. The lowest BCUT2D eigenvalue weighted by atomic mass is 10.2. The summed E-state index contributed by atoms with van der Waals surface area (Å²) in [6.07, 6.45) is 1.74. The van der Waals surface area contributed by atoms with E-state index in [0.29, 0.717) is 25.2 Å². The van der Waals surface area contributed by atoms with Crippen molar-refractivity contribution in [2.75, 3.05) is 19.6 Å². The molecule has 1 fully saturated rings. The maximum Gasteiger partial charge on any atom is 0.251 e. The number of likely N-dealkylation sites (N-methyl/N-ethyl adjacent to an activating group) is 1. The summed E-state index contributed by atoms with van der Waals surface area (Å²) in [5.41, 5.74) is 0.312. The first kappa shape index (κ1) is 18.4. The molecule has 24 heavy (non-hydrogen) atoms. The topological polar surface area (TPSA) is 95.6 Å². The summed E-state index contributed by atoms with van der Waals surface area (Å²) in [6, 6.07) is 5.12. The van der Waals surface area contributed by atoms with Crippen LogP contribution in [0.15, 0.2) is 29.2 Å². The molecular formula is C16H23N3O4S. The number of hydrogen-bond acceptors (Lipinski definition) is 4. The minimum Gasteiger partial charge on any atom is -0.355 e. The van der Waals surface area contributed by atoms with Gasteiger partial charge >= 0.3 is 0 Å². The average molecular weight is 353 g/mol. The first-order chi connectivity index (χ1) is 11.4. The van der Waals surface area contributed by atoms with Crippen LogP contribution in [0.3, 0.4) is 0 Å². The number of carbonyl (C=O) groups excluding carboxylic acids is 2. The van der Waals surface area contributed by atoms with E-state index in [9.17, 15) is 18.0 Å². The lowest BCUT2D eigenvalue weighted by Crippen LogP contribution is -2.44. The number of nitrogens with zero attached hydrogens (tertiary/aromatic N) is 1. The molecule has 0 saturated carbocycles. The van der Waals surface area contributed by atoms with Crippen LogP contribution in [-0.2, 0) is 14.8 Å². The summed E-state index contributed by atoms with van der Waals surface area (Å²) in [5, 5.41) is 5.21.